The Hall–Kier alpha value is -2.02. The standard InChI is InChI=1S/C11H12FN3O3/c12-7-3-4-10(15(17)18)9(6-7)14-11(16)8-2-1-5-13-8/h3-4,6,8,13H,1-2,5H2,(H,14,16). The van der Waals surface area contributed by atoms with Crippen molar-refractivity contribution in [2.24, 2.45) is 0 Å². The first-order valence-corrected chi connectivity index (χ1v) is 5.56. The zero-order chi connectivity index (χ0) is 13.1. The van der Waals surface area contributed by atoms with E-state index in [-0.39, 0.29) is 23.3 Å². The number of hydrogen-bond acceptors (Lipinski definition) is 4. The number of nitrogens with one attached hydrogen (secondary N) is 2. The molecule has 1 aromatic rings. The van der Waals surface area contributed by atoms with Gasteiger partial charge in [-0.25, -0.2) is 4.39 Å². The molecule has 0 bridgehead atoms. The third-order valence-corrected chi connectivity index (χ3v) is 2.79. The van der Waals surface area contributed by atoms with E-state index >= 15 is 0 Å². The van der Waals surface area contributed by atoms with Gasteiger partial charge in [-0.2, -0.15) is 0 Å². The van der Waals surface area contributed by atoms with E-state index < -0.39 is 10.7 Å². The van der Waals surface area contributed by atoms with E-state index in [9.17, 15) is 19.3 Å². The quantitative estimate of drug-likeness (QED) is 0.630. The maximum Gasteiger partial charge on any atom is 0.292 e. The van der Waals surface area contributed by atoms with Gasteiger partial charge in [0.1, 0.15) is 11.5 Å². The molecule has 18 heavy (non-hydrogen) atoms. The number of nitro benzene ring substituents is 1. The van der Waals surface area contributed by atoms with E-state index in [2.05, 4.69) is 10.6 Å². The summed E-state index contributed by atoms with van der Waals surface area (Å²) in [5.41, 5.74) is -0.429. The van der Waals surface area contributed by atoms with Crippen LogP contribution in [0.3, 0.4) is 0 Å². The summed E-state index contributed by atoms with van der Waals surface area (Å²) in [7, 11) is 0. The van der Waals surface area contributed by atoms with Crippen molar-refractivity contribution in [3.63, 3.8) is 0 Å². The van der Waals surface area contributed by atoms with Gasteiger partial charge in [-0.1, -0.05) is 0 Å². The van der Waals surface area contributed by atoms with Crippen LogP contribution in [-0.4, -0.2) is 23.4 Å². The summed E-state index contributed by atoms with van der Waals surface area (Å²) in [5.74, 6) is -1.00. The second-order valence-electron chi connectivity index (χ2n) is 4.06. The number of nitrogens with zero attached hydrogens (tertiary/aromatic N) is 1. The van der Waals surface area contributed by atoms with Gasteiger partial charge in [-0.05, 0) is 25.5 Å². The molecule has 0 aromatic heterocycles. The van der Waals surface area contributed by atoms with Crippen LogP contribution in [0.4, 0.5) is 15.8 Å². The first-order valence-electron chi connectivity index (χ1n) is 5.56. The fourth-order valence-electron chi connectivity index (χ4n) is 1.90. The normalized spacial score (nSPS) is 18.6. The smallest absolute Gasteiger partial charge is 0.292 e. The highest BCUT2D eigenvalue weighted by Crippen LogP contribution is 2.25. The summed E-state index contributed by atoms with van der Waals surface area (Å²) in [6.45, 7) is 0.739. The van der Waals surface area contributed by atoms with Crippen molar-refractivity contribution in [2.45, 2.75) is 18.9 Å². The van der Waals surface area contributed by atoms with Crippen LogP contribution in [0.15, 0.2) is 18.2 Å². The van der Waals surface area contributed by atoms with Crippen molar-refractivity contribution in [2.75, 3.05) is 11.9 Å². The second kappa shape index (κ2) is 5.09. The highest BCUT2D eigenvalue weighted by Gasteiger charge is 2.24. The summed E-state index contributed by atoms with van der Waals surface area (Å²) >= 11 is 0. The molecular formula is C11H12FN3O3. The lowest BCUT2D eigenvalue weighted by Crippen LogP contribution is -2.35. The van der Waals surface area contributed by atoms with Gasteiger partial charge in [0.25, 0.3) is 5.69 Å². The Morgan fingerprint density at radius 2 is 2.33 bits per heavy atom. The average molecular weight is 253 g/mol. The van der Waals surface area contributed by atoms with Crippen molar-refractivity contribution >= 4 is 17.3 Å². The molecule has 1 atom stereocenters. The van der Waals surface area contributed by atoms with E-state index in [1.165, 1.54) is 0 Å². The molecule has 7 heteroatoms. The SMILES string of the molecule is O=C(Nc1cc(F)ccc1[N+](=O)[O-])C1CCCN1. The largest absolute Gasteiger partial charge is 0.319 e. The molecule has 0 radical (unpaired) electrons. The number of amides is 1. The first-order chi connectivity index (χ1) is 8.58. The predicted octanol–water partition coefficient (Wildman–Crippen LogP) is 1.42. The van der Waals surface area contributed by atoms with Gasteiger partial charge in [0.2, 0.25) is 5.91 Å². The highest BCUT2D eigenvalue weighted by atomic mass is 19.1. The molecule has 0 saturated carbocycles. The number of carbonyl (C=O) groups excluding carboxylic acids is 1. The van der Waals surface area contributed by atoms with Gasteiger partial charge in [0.15, 0.2) is 0 Å². The van der Waals surface area contributed by atoms with Crippen molar-refractivity contribution in [3.05, 3.63) is 34.1 Å². The molecular weight excluding hydrogens is 241 g/mol. The van der Waals surface area contributed by atoms with E-state index in [1.54, 1.807) is 0 Å². The van der Waals surface area contributed by atoms with Crippen molar-refractivity contribution in [1.29, 1.82) is 0 Å². The zero-order valence-electron chi connectivity index (χ0n) is 9.48. The fraction of sp³-hybridized carbons (Fsp3) is 0.364. The molecule has 1 aromatic carbocycles. The van der Waals surface area contributed by atoms with Crippen molar-refractivity contribution in [1.82, 2.24) is 5.32 Å². The molecule has 2 N–H and O–H groups in total. The maximum absolute atomic E-state index is 13.0. The average Bonchev–Trinajstić information content (AvgIpc) is 2.81. The highest BCUT2D eigenvalue weighted by molar-refractivity contribution is 5.96. The molecule has 1 saturated heterocycles. The predicted molar refractivity (Wildman–Crippen MR) is 62.7 cm³/mol. The van der Waals surface area contributed by atoms with Crippen LogP contribution in [0.5, 0.6) is 0 Å². The van der Waals surface area contributed by atoms with Crippen LogP contribution in [-0.2, 0) is 4.79 Å². The van der Waals surface area contributed by atoms with E-state index in [0.717, 1.165) is 31.2 Å². The lowest BCUT2D eigenvalue weighted by Gasteiger charge is -2.11. The Morgan fingerprint density at radius 3 is 2.94 bits per heavy atom. The van der Waals surface area contributed by atoms with Crippen LogP contribution in [0.25, 0.3) is 0 Å². The molecule has 1 heterocycles. The summed E-state index contributed by atoms with van der Waals surface area (Å²) in [6, 6.07) is 2.60. The second-order valence-corrected chi connectivity index (χ2v) is 4.06. The van der Waals surface area contributed by atoms with E-state index in [4.69, 9.17) is 0 Å². The van der Waals surface area contributed by atoms with Crippen molar-refractivity contribution in [3.8, 4) is 0 Å². The van der Waals surface area contributed by atoms with Crippen LogP contribution < -0.4 is 10.6 Å². The van der Waals surface area contributed by atoms with E-state index in [1.807, 2.05) is 0 Å². The molecule has 1 aliphatic rings. The lowest BCUT2D eigenvalue weighted by molar-refractivity contribution is -0.384. The van der Waals surface area contributed by atoms with Gasteiger partial charge in [0, 0.05) is 12.1 Å². The monoisotopic (exact) mass is 253 g/mol. The fourth-order valence-corrected chi connectivity index (χ4v) is 1.90. The molecule has 2 rings (SSSR count). The number of carbonyl (C=O) groups is 1. The number of halogens is 1. The van der Waals surface area contributed by atoms with Gasteiger partial charge < -0.3 is 10.6 Å². The Kier molecular flexibility index (Phi) is 3.52. The van der Waals surface area contributed by atoms with Crippen LogP contribution >= 0.6 is 0 Å². The number of hydrogen-bond donors (Lipinski definition) is 2. The lowest BCUT2D eigenvalue weighted by atomic mass is 10.2. The van der Waals surface area contributed by atoms with Crippen LogP contribution in [0.2, 0.25) is 0 Å². The topological polar surface area (TPSA) is 84.3 Å². The zero-order valence-corrected chi connectivity index (χ0v) is 9.48. The van der Waals surface area contributed by atoms with Crippen LogP contribution in [0.1, 0.15) is 12.8 Å². The summed E-state index contributed by atoms with van der Waals surface area (Å²) < 4.78 is 13.0. The maximum atomic E-state index is 13.0. The molecule has 6 nitrogen and oxygen atoms in total. The first kappa shape index (κ1) is 12.4. The Balaban J connectivity index is 2.19. The van der Waals surface area contributed by atoms with Gasteiger partial charge in [-0.3, -0.25) is 14.9 Å². The third kappa shape index (κ3) is 2.62. The van der Waals surface area contributed by atoms with Crippen molar-refractivity contribution < 1.29 is 14.1 Å². The minimum atomic E-state index is -0.656. The molecule has 96 valence electrons. The molecule has 1 amide bonds. The number of rotatable bonds is 3. The van der Waals surface area contributed by atoms with Gasteiger partial charge in [-0.15, -0.1) is 0 Å². The Morgan fingerprint density at radius 1 is 1.56 bits per heavy atom. The Labute approximate surface area is 102 Å². The van der Waals surface area contributed by atoms with Gasteiger partial charge in [0.05, 0.1) is 11.0 Å². The molecule has 1 unspecified atom stereocenters. The molecule has 0 spiro atoms. The number of benzene rings is 1. The number of anilines is 1. The Bertz CT molecular complexity index is 486. The number of nitro groups is 1. The minimum absolute atomic E-state index is 0.112. The van der Waals surface area contributed by atoms with E-state index in [0.29, 0.717) is 6.42 Å². The van der Waals surface area contributed by atoms with Crippen LogP contribution in [0, 0.1) is 15.9 Å². The van der Waals surface area contributed by atoms with Gasteiger partial charge >= 0.3 is 0 Å². The third-order valence-electron chi connectivity index (χ3n) is 2.79. The summed E-state index contributed by atoms with van der Waals surface area (Å²) in [5, 5.41) is 16.1. The molecule has 1 fully saturated rings. The molecule has 0 aliphatic carbocycles. The summed E-state index contributed by atoms with van der Waals surface area (Å²) in [4.78, 5) is 21.9. The minimum Gasteiger partial charge on any atom is -0.319 e. The molecule has 1 aliphatic heterocycles. The summed E-state index contributed by atoms with van der Waals surface area (Å²) in [6.07, 6.45) is 1.55.